The van der Waals surface area contributed by atoms with E-state index in [0.29, 0.717) is 43.5 Å². The number of carbonyl (C=O) groups is 2. The third-order valence-corrected chi connectivity index (χ3v) is 4.38. The first-order valence-corrected chi connectivity index (χ1v) is 8.62. The fraction of sp³-hybridized carbons (Fsp3) is 0.278. The lowest BCUT2D eigenvalue weighted by Crippen LogP contribution is -2.51. The third-order valence-electron chi connectivity index (χ3n) is 4.38. The highest BCUT2D eigenvalue weighted by Gasteiger charge is 2.26. The highest BCUT2D eigenvalue weighted by molar-refractivity contribution is 5.91. The van der Waals surface area contributed by atoms with E-state index in [-0.39, 0.29) is 18.4 Å². The third kappa shape index (κ3) is 3.71. The average Bonchev–Trinajstić information content (AvgIpc) is 3.40. The summed E-state index contributed by atoms with van der Waals surface area (Å²) in [4.78, 5) is 36.6. The summed E-state index contributed by atoms with van der Waals surface area (Å²) >= 11 is 0. The van der Waals surface area contributed by atoms with Crippen LogP contribution in [-0.4, -0.2) is 67.5 Å². The lowest BCUT2D eigenvalue weighted by molar-refractivity contribution is -0.133. The monoisotopic (exact) mass is 366 g/mol. The number of carbonyl (C=O) groups excluding carboxylic acids is 2. The molecule has 0 radical (unpaired) electrons. The van der Waals surface area contributed by atoms with Crippen molar-refractivity contribution in [2.24, 2.45) is 0 Å². The Morgan fingerprint density at radius 2 is 1.81 bits per heavy atom. The van der Waals surface area contributed by atoms with Crippen molar-refractivity contribution in [2.45, 2.75) is 6.54 Å². The largest absolute Gasteiger partial charge is 0.459 e. The first-order chi connectivity index (χ1) is 13.2. The molecule has 0 aliphatic carbocycles. The average molecular weight is 366 g/mol. The molecule has 0 atom stereocenters. The molecule has 0 N–H and O–H groups in total. The topological polar surface area (TPSA) is 97.4 Å². The Hall–Kier alpha value is -3.49. The minimum Gasteiger partial charge on any atom is -0.459 e. The number of rotatable bonds is 4. The maximum atomic E-state index is 12.5. The molecule has 138 valence electrons. The molecule has 4 rings (SSSR count). The normalized spacial score (nSPS) is 14.4. The van der Waals surface area contributed by atoms with Gasteiger partial charge in [0, 0.05) is 32.4 Å². The number of aromatic nitrogens is 4. The van der Waals surface area contributed by atoms with Crippen LogP contribution in [-0.2, 0) is 11.3 Å². The Balaban J connectivity index is 1.32. The van der Waals surface area contributed by atoms with Crippen LogP contribution < -0.4 is 0 Å². The molecule has 0 spiro atoms. The minimum absolute atomic E-state index is 0.0578. The van der Waals surface area contributed by atoms with Crippen molar-refractivity contribution in [1.82, 2.24) is 29.5 Å². The molecule has 1 aliphatic rings. The number of piperazine rings is 1. The van der Waals surface area contributed by atoms with Gasteiger partial charge in [0.2, 0.25) is 5.91 Å². The minimum atomic E-state index is -0.150. The van der Waals surface area contributed by atoms with E-state index < -0.39 is 0 Å². The van der Waals surface area contributed by atoms with E-state index in [2.05, 4.69) is 15.1 Å². The van der Waals surface area contributed by atoms with Gasteiger partial charge in [0.25, 0.3) is 5.91 Å². The van der Waals surface area contributed by atoms with E-state index in [0.717, 1.165) is 0 Å². The summed E-state index contributed by atoms with van der Waals surface area (Å²) in [6, 6.07) is 8.82. The van der Waals surface area contributed by atoms with E-state index in [1.165, 1.54) is 17.3 Å². The van der Waals surface area contributed by atoms with Gasteiger partial charge in [-0.3, -0.25) is 14.6 Å². The van der Waals surface area contributed by atoms with Crippen molar-refractivity contribution in [3.05, 3.63) is 54.9 Å². The molecule has 0 bridgehead atoms. The number of amides is 2. The van der Waals surface area contributed by atoms with Crippen molar-refractivity contribution in [2.75, 3.05) is 26.2 Å². The highest BCUT2D eigenvalue weighted by atomic mass is 16.3. The van der Waals surface area contributed by atoms with E-state index in [9.17, 15) is 9.59 Å². The van der Waals surface area contributed by atoms with Gasteiger partial charge in [0.05, 0.1) is 6.26 Å². The summed E-state index contributed by atoms with van der Waals surface area (Å²) in [6.07, 6.45) is 4.67. The number of pyridine rings is 1. The van der Waals surface area contributed by atoms with Crippen molar-refractivity contribution in [3.63, 3.8) is 0 Å². The van der Waals surface area contributed by atoms with Crippen LogP contribution in [0.2, 0.25) is 0 Å². The van der Waals surface area contributed by atoms with Gasteiger partial charge in [0.15, 0.2) is 11.6 Å². The van der Waals surface area contributed by atoms with Gasteiger partial charge in [-0.15, -0.1) is 5.10 Å². The SMILES string of the molecule is O=C(Cn1cnc(-c2ccccn2)n1)N1CCN(C(=O)c2ccco2)CC1. The zero-order chi connectivity index (χ0) is 18.6. The van der Waals surface area contributed by atoms with Crippen molar-refractivity contribution in [1.29, 1.82) is 0 Å². The Morgan fingerprint density at radius 1 is 1.00 bits per heavy atom. The Kier molecular flexibility index (Phi) is 4.65. The molecule has 0 aromatic carbocycles. The molecule has 0 saturated carbocycles. The quantitative estimate of drug-likeness (QED) is 0.681. The summed E-state index contributed by atoms with van der Waals surface area (Å²) in [7, 11) is 0. The molecule has 4 heterocycles. The van der Waals surface area contributed by atoms with E-state index in [1.54, 1.807) is 28.1 Å². The molecular weight excluding hydrogens is 348 g/mol. The maximum absolute atomic E-state index is 12.5. The van der Waals surface area contributed by atoms with Crippen LogP contribution in [0.1, 0.15) is 10.6 Å². The predicted molar refractivity (Wildman–Crippen MR) is 94.4 cm³/mol. The summed E-state index contributed by atoms with van der Waals surface area (Å²) in [6.45, 7) is 2.01. The Morgan fingerprint density at radius 3 is 2.52 bits per heavy atom. The van der Waals surface area contributed by atoms with Gasteiger partial charge in [-0.2, -0.15) is 0 Å². The lowest BCUT2D eigenvalue weighted by atomic mass is 10.3. The zero-order valence-electron chi connectivity index (χ0n) is 14.6. The number of hydrogen-bond donors (Lipinski definition) is 0. The molecule has 1 saturated heterocycles. The van der Waals surface area contributed by atoms with Crippen LogP contribution in [0.5, 0.6) is 0 Å². The fourth-order valence-corrected chi connectivity index (χ4v) is 2.94. The highest BCUT2D eigenvalue weighted by Crippen LogP contribution is 2.11. The fourth-order valence-electron chi connectivity index (χ4n) is 2.94. The summed E-state index contributed by atoms with van der Waals surface area (Å²) in [5.41, 5.74) is 0.661. The molecule has 27 heavy (non-hydrogen) atoms. The molecule has 2 amide bonds. The first kappa shape index (κ1) is 17.0. The van der Waals surface area contributed by atoms with E-state index in [1.807, 2.05) is 18.2 Å². The van der Waals surface area contributed by atoms with Gasteiger partial charge < -0.3 is 14.2 Å². The lowest BCUT2D eigenvalue weighted by Gasteiger charge is -2.34. The molecule has 9 nitrogen and oxygen atoms in total. The second-order valence-corrected chi connectivity index (χ2v) is 6.13. The van der Waals surface area contributed by atoms with Gasteiger partial charge >= 0.3 is 0 Å². The Bertz CT molecular complexity index is 914. The van der Waals surface area contributed by atoms with Crippen molar-refractivity contribution >= 4 is 11.8 Å². The Labute approximate surface area is 155 Å². The van der Waals surface area contributed by atoms with Crippen LogP contribution in [0.15, 0.2) is 53.5 Å². The summed E-state index contributed by atoms with van der Waals surface area (Å²) < 4.78 is 6.65. The van der Waals surface area contributed by atoms with Gasteiger partial charge in [0.1, 0.15) is 18.6 Å². The van der Waals surface area contributed by atoms with Crippen LogP contribution in [0.25, 0.3) is 11.5 Å². The molecular formula is C18H18N6O3. The van der Waals surface area contributed by atoms with Crippen molar-refractivity contribution < 1.29 is 14.0 Å². The standard InChI is InChI=1S/C18H18N6O3/c25-16(12-24-13-20-17(21-24)14-4-1-2-6-19-14)22-7-9-23(10-8-22)18(26)15-5-3-11-27-15/h1-6,11,13H,7-10,12H2. The molecule has 1 aliphatic heterocycles. The van der Waals surface area contributed by atoms with Crippen LogP contribution in [0.3, 0.4) is 0 Å². The molecule has 3 aromatic rings. The van der Waals surface area contributed by atoms with Gasteiger partial charge in [-0.05, 0) is 24.3 Å². The summed E-state index contributed by atoms with van der Waals surface area (Å²) in [5.74, 6) is 0.595. The zero-order valence-corrected chi connectivity index (χ0v) is 14.6. The van der Waals surface area contributed by atoms with Gasteiger partial charge in [-0.1, -0.05) is 6.07 Å². The molecule has 9 heteroatoms. The second kappa shape index (κ2) is 7.40. The predicted octanol–water partition coefficient (Wildman–Crippen LogP) is 0.918. The summed E-state index contributed by atoms with van der Waals surface area (Å²) in [5, 5.41) is 4.31. The van der Waals surface area contributed by atoms with Crippen LogP contribution >= 0.6 is 0 Å². The van der Waals surface area contributed by atoms with Crippen LogP contribution in [0.4, 0.5) is 0 Å². The second-order valence-electron chi connectivity index (χ2n) is 6.13. The van der Waals surface area contributed by atoms with Crippen LogP contribution in [0, 0.1) is 0 Å². The smallest absolute Gasteiger partial charge is 0.289 e. The van der Waals surface area contributed by atoms with Crippen molar-refractivity contribution in [3.8, 4) is 11.5 Å². The maximum Gasteiger partial charge on any atom is 0.289 e. The molecule has 1 fully saturated rings. The number of hydrogen-bond acceptors (Lipinski definition) is 6. The number of furan rings is 1. The molecule has 0 unspecified atom stereocenters. The van der Waals surface area contributed by atoms with E-state index >= 15 is 0 Å². The first-order valence-electron chi connectivity index (χ1n) is 8.62. The molecule has 3 aromatic heterocycles. The van der Waals surface area contributed by atoms with Gasteiger partial charge in [-0.25, -0.2) is 9.67 Å². The number of nitrogens with zero attached hydrogens (tertiary/aromatic N) is 6. The van der Waals surface area contributed by atoms with E-state index in [4.69, 9.17) is 4.42 Å².